The first-order valence-electron chi connectivity index (χ1n) is 8.97. The number of cyclic esters (lactones) is 4. The van der Waals surface area contributed by atoms with E-state index in [2.05, 4.69) is 0 Å². The van der Waals surface area contributed by atoms with Crippen LogP contribution in [-0.2, 0) is 14.9 Å². The SMILES string of the molecule is CCC1(CC)c2cc3c(cc2Oc2cc4c(cc21)C(=O)OC4=O)C(=O)OC3=O. The van der Waals surface area contributed by atoms with Gasteiger partial charge in [0.2, 0.25) is 0 Å². The summed E-state index contributed by atoms with van der Waals surface area (Å²) in [6.45, 7) is 3.99. The van der Waals surface area contributed by atoms with Crippen molar-refractivity contribution in [3.63, 3.8) is 0 Å². The molecule has 140 valence electrons. The van der Waals surface area contributed by atoms with E-state index in [1.54, 1.807) is 12.1 Å². The zero-order valence-corrected chi connectivity index (χ0v) is 15.1. The molecule has 0 saturated heterocycles. The molecular formula is C21H14O7. The average molecular weight is 378 g/mol. The fourth-order valence-electron chi connectivity index (χ4n) is 4.42. The Morgan fingerprint density at radius 3 is 1.32 bits per heavy atom. The Bertz CT molecular complexity index is 1050. The molecule has 3 heterocycles. The average Bonchev–Trinajstić information content (AvgIpc) is 3.12. The van der Waals surface area contributed by atoms with E-state index < -0.39 is 29.3 Å². The van der Waals surface area contributed by atoms with Crippen LogP contribution in [0.25, 0.3) is 0 Å². The van der Waals surface area contributed by atoms with E-state index >= 15 is 0 Å². The van der Waals surface area contributed by atoms with Crippen LogP contribution in [0, 0.1) is 0 Å². The predicted octanol–water partition coefficient (Wildman–Crippen LogP) is 3.52. The number of fused-ring (bicyclic) bond motifs is 4. The van der Waals surface area contributed by atoms with Crippen molar-refractivity contribution in [3.8, 4) is 11.5 Å². The van der Waals surface area contributed by atoms with E-state index in [9.17, 15) is 19.2 Å². The van der Waals surface area contributed by atoms with Crippen molar-refractivity contribution in [1.82, 2.24) is 0 Å². The molecule has 3 aliphatic rings. The molecule has 3 aliphatic heterocycles. The van der Waals surface area contributed by atoms with Crippen molar-refractivity contribution in [1.29, 1.82) is 0 Å². The number of benzene rings is 2. The smallest absolute Gasteiger partial charge is 0.347 e. The van der Waals surface area contributed by atoms with Crippen LogP contribution in [0.3, 0.4) is 0 Å². The van der Waals surface area contributed by atoms with Gasteiger partial charge in [-0.3, -0.25) is 0 Å². The van der Waals surface area contributed by atoms with Gasteiger partial charge in [0.25, 0.3) is 0 Å². The standard InChI is InChI=1S/C21H14O7/c1-3-21(4-2)13-5-9-11(19(24)27-17(9)22)7-15(13)26-16-8-12-10(6-14(16)21)18(23)28-20(12)25/h5-8H,3-4H2,1-2H3. The predicted molar refractivity (Wildman–Crippen MR) is 93.8 cm³/mol. The first kappa shape index (κ1) is 16.7. The van der Waals surface area contributed by atoms with Crippen molar-refractivity contribution >= 4 is 23.9 Å². The van der Waals surface area contributed by atoms with Crippen molar-refractivity contribution in [2.75, 3.05) is 0 Å². The molecule has 2 aromatic carbocycles. The van der Waals surface area contributed by atoms with Crippen LogP contribution in [0.2, 0.25) is 0 Å². The molecule has 0 aliphatic carbocycles. The third-order valence-corrected chi connectivity index (χ3v) is 5.95. The second kappa shape index (κ2) is 5.28. The normalized spacial score (nSPS) is 17.9. The number of esters is 4. The first-order chi connectivity index (χ1) is 13.4. The molecule has 0 aromatic heterocycles. The minimum absolute atomic E-state index is 0.157. The molecule has 0 N–H and O–H groups in total. The molecule has 0 spiro atoms. The first-order valence-corrected chi connectivity index (χ1v) is 8.97. The van der Waals surface area contributed by atoms with Gasteiger partial charge in [-0.05, 0) is 37.1 Å². The Hall–Kier alpha value is -3.48. The maximum Gasteiger partial charge on any atom is 0.347 e. The maximum absolute atomic E-state index is 12.0. The molecule has 0 amide bonds. The van der Waals surface area contributed by atoms with Crippen LogP contribution < -0.4 is 4.74 Å². The van der Waals surface area contributed by atoms with Gasteiger partial charge in [-0.25, -0.2) is 19.2 Å². The second-order valence-electron chi connectivity index (χ2n) is 7.03. The molecular weight excluding hydrogens is 364 g/mol. The minimum atomic E-state index is -0.709. The third-order valence-electron chi connectivity index (χ3n) is 5.95. The Labute approximate surface area is 159 Å². The Morgan fingerprint density at radius 2 is 0.964 bits per heavy atom. The van der Waals surface area contributed by atoms with Gasteiger partial charge in [0, 0.05) is 16.5 Å². The van der Waals surface area contributed by atoms with E-state index in [4.69, 9.17) is 14.2 Å². The van der Waals surface area contributed by atoms with E-state index in [1.165, 1.54) is 12.1 Å². The van der Waals surface area contributed by atoms with Crippen LogP contribution in [-0.4, -0.2) is 23.9 Å². The largest absolute Gasteiger partial charge is 0.457 e. The number of ether oxygens (including phenoxy) is 3. The fourth-order valence-corrected chi connectivity index (χ4v) is 4.42. The van der Waals surface area contributed by atoms with Gasteiger partial charge in [0.1, 0.15) is 11.5 Å². The van der Waals surface area contributed by atoms with Crippen LogP contribution in [0.1, 0.15) is 79.2 Å². The molecule has 0 unspecified atom stereocenters. The molecule has 0 bridgehead atoms. The van der Waals surface area contributed by atoms with Crippen LogP contribution in [0.15, 0.2) is 24.3 Å². The van der Waals surface area contributed by atoms with Gasteiger partial charge in [0.15, 0.2) is 0 Å². The van der Waals surface area contributed by atoms with Crippen LogP contribution >= 0.6 is 0 Å². The Morgan fingerprint density at radius 1 is 0.607 bits per heavy atom. The number of carbonyl (C=O) groups excluding carboxylic acids is 4. The summed E-state index contributed by atoms with van der Waals surface area (Å²) in [4.78, 5) is 48.0. The summed E-state index contributed by atoms with van der Waals surface area (Å²) in [5.41, 5.74) is 1.65. The van der Waals surface area contributed by atoms with E-state index in [0.717, 1.165) is 11.1 Å². The second-order valence-corrected chi connectivity index (χ2v) is 7.03. The van der Waals surface area contributed by atoms with Crippen molar-refractivity contribution in [2.45, 2.75) is 32.1 Å². The highest BCUT2D eigenvalue weighted by atomic mass is 16.6. The van der Waals surface area contributed by atoms with Gasteiger partial charge in [-0.15, -0.1) is 0 Å². The van der Waals surface area contributed by atoms with Crippen molar-refractivity contribution < 1.29 is 33.4 Å². The summed E-state index contributed by atoms with van der Waals surface area (Å²) >= 11 is 0. The zero-order valence-electron chi connectivity index (χ0n) is 15.1. The number of carbonyl (C=O) groups is 4. The quantitative estimate of drug-likeness (QED) is 0.583. The molecule has 0 fully saturated rings. The van der Waals surface area contributed by atoms with Crippen LogP contribution in [0.4, 0.5) is 0 Å². The number of rotatable bonds is 2. The molecule has 0 saturated carbocycles. The van der Waals surface area contributed by atoms with Gasteiger partial charge in [0.05, 0.1) is 22.3 Å². The third kappa shape index (κ3) is 1.88. The molecule has 7 heteroatoms. The molecule has 2 aromatic rings. The lowest BCUT2D eigenvalue weighted by molar-refractivity contribution is 0.0425. The lowest BCUT2D eigenvalue weighted by Crippen LogP contribution is -2.31. The van der Waals surface area contributed by atoms with Gasteiger partial charge >= 0.3 is 23.9 Å². The molecule has 28 heavy (non-hydrogen) atoms. The van der Waals surface area contributed by atoms with Gasteiger partial charge in [-0.2, -0.15) is 0 Å². The lowest BCUT2D eigenvalue weighted by atomic mass is 9.67. The topological polar surface area (TPSA) is 96.0 Å². The summed E-state index contributed by atoms with van der Waals surface area (Å²) in [6.07, 6.45) is 1.30. The monoisotopic (exact) mass is 378 g/mol. The van der Waals surface area contributed by atoms with E-state index in [-0.39, 0.29) is 22.3 Å². The van der Waals surface area contributed by atoms with Crippen molar-refractivity contribution in [2.24, 2.45) is 0 Å². The Kier molecular flexibility index (Phi) is 3.15. The molecule has 7 nitrogen and oxygen atoms in total. The summed E-state index contributed by atoms with van der Waals surface area (Å²) in [7, 11) is 0. The van der Waals surface area contributed by atoms with Gasteiger partial charge < -0.3 is 14.2 Å². The number of hydrogen-bond donors (Lipinski definition) is 0. The van der Waals surface area contributed by atoms with Crippen molar-refractivity contribution in [3.05, 3.63) is 57.6 Å². The highest BCUT2D eigenvalue weighted by Crippen LogP contribution is 2.53. The lowest BCUT2D eigenvalue weighted by Gasteiger charge is -2.39. The highest BCUT2D eigenvalue weighted by Gasteiger charge is 2.44. The van der Waals surface area contributed by atoms with E-state index in [0.29, 0.717) is 24.3 Å². The maximum atomic E-state index is 12.0. The highest BCUT2D eigenvalue weighted by molar-refractivity contribution is 6.16. The number of hydrogen-bond acceptors (Lipinski definition) is 7. The fraction of sp³-hybridized carbons (Fsp3) is 0.238. The van der Waals surface area contributed by atoms with Gasteiger partial charge in [-0.1, -0.05) is 13.8 Å². The van der Waals surface area contributed by atoms with Crippen LogP contribution in [0.5, 0.6) is 11.5 Å². The zero-order chi connectivity index (χ0) is 19.8. The summed E-state index contributed by atoms with van der Waals surface area (Å²) in [5, 5.41) is 0. The summed E-state index contributed by atoms with van der Waals surface area (Å²) < 4.78 is 15.5. The molecule has 0 atom stereocenters. The molecule has 5 rings (SSSR count). The molecule has 0 radical (unpaired) electrons. The Balaban J connectivity index is 1.80. The van der Waals surface area contributed by atoms with E-state index in [1.807, 2.05) is 13.8 Å². The summed E-state index contributed by atoms with van der Waals surface area (Å²) in [5.74, 6) is -1.92. The summed E-state index contributed by atoms with van der Waals surface area (Å²) in [6, 6.07) is 6.31. The minimum Gasteiger partial charge on any atom is -0.457 e.